The largest absolute Gasteiger partial charge is 0.463 e. The highest BCUT2D eigenvalue weighted by atomic mass is 16.5. The number of carbonyl (C=O) groups excluding carboxylic acids is 1. The maximum atomic E-state index is 12.4. The van der Waals surface area contributed by atoms with Crippen LogP contribution in [0.4, 0.5) is 0 Å². The summed E-state index contributed by atoms with van der Waals surface area (Å²) in [5.41, 5.74) is 1.90. The van der Waals surface area contributed by atoms with Gasteiger partial charge in [-0.25, -0.2) is 4.98 Å². The number of esters is 1. The number of rotatable bonds is 7. The number of para-hydroxylation sites is 2. The molecule has 0 aliphatic rings. The summed E-state index contributed by atoms with van der Waals surface area (Å²) in [4.78, 5) is 16.7. The fourth-order valence-corrected chi connectivity index (χ4v) is 2.97. The van der Waals surface area contributed by atoms with Crippen molar-refractivity contribution in [3.63, 3.8) is 0 Å². The van der Waals surface area contributed by atoms with Gasteiger partial charge in [-0.15, -0.1) is 0 Å². The average molecular weight is 346 g/mol. The second-order valence-electron chi connectivity index (χ2n) is 8.28. The number of aromatic nitrogens is 2. The summed E-state index contributed by atoms with van der Waals surface area (Å²) in [7, 11) is 0. The maximum Gasteiger partial charge on any atom is 0.309 e. The summed E-state index contributed by atoms with van der Waals surface area (Å²) in [6.45, 7) is 10.8. The van der Waals surface area contributed by atoms with Gasteiger partial charge in [0, 0.05) is 0 Å². The summed E-state index contributed by atoms with van der Waals surface area (Å²) < 4.78 is 7.29. The van der Waals surface area contributed by atoms with E-state index in [0.717, 1.165) is 17.5 Å². The van der Waals surface area contributed by atoms with Crippen LogP contribution in [0.3, 0.4) is 0 Å². The van der Waals surface area contributed by atoms with Gasteiger partial charge in [0.05, 0.1) is 29.8 Å². The van der Waals surface area contributed by atoms with Crippen molar-refractivity contribution in [1.82, 2.24) is 9.55 Å². The van der Waals surface area contributed by atoms with Gasteiger partial charge in [-0.2, -0.15) is 0 Å². The van der Waals surface area contributed by atoms with E-state index in [9.17, 15) is 9.90 Å². The summed E-state index contributed by atoms with van der Waals surface area (Å²) in [6.07, 6.45) is 1.71. The fourth-order valence-electron chi connectivity index (χ4n) is 2.97. The molecular weight excluding hydrogens is 316 g/mol. The molecule has 2 unspecified atom stereocenters. The lowest BCUT2D eigenvalue weighted by Crippen LogP contribution is -2.31. The van der Waals surface area contributed by atoms with Crippen LogP contribution in [0.25, 0.3) is 11.0 Å². The zero-order valence-electron chi connectivity index (χ0n) is 15.9. The van der Waals surface area contributed by atoms with E-state index < -0.39 is 6.10 Å². The highest BCUT2D eigenvalue weighted by molar-refractivity contribution is 5.75. The Bertz CT molecular complexity index is 700. The topological polar surface area (TPSA) is 64.3 Å². The molecule has 0 saturated carbocycles. The van der Waals surface area contributed by atoms with E-state index in [1.54, 1.807) is 6.33 Å². The third-order valence-electron chi connectivity index (χ3n) is 4.29. The third kappa shape index (κ3) is 5.56. The van der Waals surface area contributed by atoms with Crippen LogP contribution in [0.15, 0.2) is 30.6 Å². The van der Waals surface area contributed by atoms with Crippen LogP contribution in [-0.4, -0.2) is 33.3 Å². The molecule has 1 N–H and O–H groups in total. The van der Waals surface area contributed by atoms with Gasteiger partial charge in [0.15, 0.2) is 0 Å². The maximum absolute atomic E-state index is 12.4. The number of imidazole rings is 1. The SMILES string of the molecule is CC(C)C(CC(C)(C)C)C(=O)OCC(O)Cn1cnc2ccccc21. The monoisotopic (exact) mass is 346 g/mol. The van der Waals surface area contributed by atoms with Gasteiger partial charge < -0.3 is 14.4 Å². The molecule has 2 atom stereocenters. The van der Waals surface area contributed by atoms with E-state index in [1.165, 1.54) is 0 Å². The van der Waals surface area contributed by atoms with Crippen LogP contribution < -0.4 is 0 Å². The van der Waals surface area contributed by atoms with Crippen LogP contribution in [0, 0.1) is 17.3 Å². The number of fused-ring (bicyclic) bond motifs is 1. The van der Waals surface area contributed by atoms with E-state index >= 15 is 0 Å². The zero-order chi connectivity index (χ0) is 18.6. The van der Waals surface area contributed by atoms with Crippen molar-refractivity contribution in [2.75, 3.05) is 6.61 Å². The number of carbonyl (C=O) groups is 1. The Balaban J connectivity index is 1.92. The first kappa shape index (κ1) is 19.4. The molecular formula is C20H30N2O3. The van der Waals surface area contributed by atoms with E-state index in [2.05, 4.69) is 25.8 Å². The van der Waals surface area contributed by atoms with E-state index in [1.807, 2.05) is 42.7 Å². The molecule has 2 aromatic rings. The third-order valence-corrected chi connectivity index (χ3v) is 4.29. The van der Waals surface area contributed by atoms with Crippen molar-refractivity contribution < 1.29 is 14.6 Å². The number of nitrogens with zero attached hydrogens (tertiary/aromatic N) is 2. The lowest BCUT2D eigenvalue weighted by atomic mass is 9.80. The highest BCUT2D eigenvalue weighted by Gasteiger charge is 2.29. The van der Waals surface area contributed by atoms with Crippen molar-refractivity contribution in [2.24, 2.45) is 17.3 Å². The Hall–Kier alpha value is -1.88. The van der Waals surface area contributed by atoms with Crippen molar-refractivity contribution in [2.45, 2.75) is 53.7 Å². The molecule has 0 aliphatic carbocycles. The quantitative estimate of drug-likeness (QED) is 0.777. The standard InChI is InChI=1S/C20H30N2O3/c1-14(2)16(10-20(3,4)5)19(24)25-12-15(23)11-22-13-21-17-8-6-7-9-18(17)22/h6-9,13-16,23H,10-12H2,1-5H3. The summed E-state index contributed by atoms with van der Waals surface area (Å²) >= 11 is 0. The number of aliphatic hydroxyl groups is 1. The zero-order valence-corrected chi connectivity index (χ0v) is 15.9. The molecule has 25 heavy (non-hydrogen) atoms. The van der Waals surface area contributed by atoms with Gasteiger partial charge in [0.2, 0.25) is 0 Å². The van der Waals surface area contributed by atoms with Gasteiger partial charge in [0.1, 0.15) is 12.7 Å². The first-order valence-corrected chi connectivity index (χ1v) is 8.92. The smallest absolute Gasteiger partial charge is 0.309 e. The van der Waals surface area contributed by atoms with Crippen molar-refractivity contribution in [1.29, 1.82) is 0 Å². The minimum atomic E-state index is -0.760. The molecule has 0 fully saturated rings. The normalized spacial score (nSPS) is 14.7. The second kappa shape index (κ2) is 8.00. The Labute approximate surface area is 150 Å². The number of benzene rings is 1. The lowest BCUT2D eigenvalue weighted by molar-refractivity contribution is -0.154. The second-order valence-corrected chi connectivity index (χ2v) is 8.28. The van der Waals surface area contributed by atoms with Crippen molar-refractivity contribution >= 4 is 17.0 Å². The minimum Gasteiger partial charge on any atom is -0.463 e. The number of hydrogen-bond donors (Lipinski definition) is 1. The molecule has 0 radical (unpaired) electrons. The van der Waals surface area contributed by atoms with Crippen molar-refractivity contribution in [3.8, 4) is 0 Å². The molecule has 2 rings (SSSR count). The first-order valence-electron chi connectivity index (χ1n) is 8.92. The number of hydrogen-bond acceptors (Lipinski definition) is 4. The lowest BCUT2D eigenvalue weighted by Gasteiger charge is -2.27. The molecule has 0 amide bonds. The molecule has 0 spiro atoms. The molecule has 1 aromatic carbocycles. The van der Waals surface area contributed by atoms with E-state index in [0.29, 0.717) is 6.54 Å². The minimum absolute atomic E-state index is 0.00129. The molecule has 5 heteroatoms. The molecule has 0 saturated heterocycles. The van der Waals surface area contributed by atoms with Crippen LogP contribution in [0.1, 0.15) is 41.0 Å². The Morgan fingerprint density at radius 2 is 1.96 bits per heavy atom. The van der Waals surface area contributed by atoms with Gasteiger partial charge in [0.25, 0.3) is 0 Å². The molecule has 138 valence electrons. The predicted octanol–water partition coefficient (Wildman–Crippen LogP) is 3.65. The average Bonchev–Trinajstić information content (AvgIpc) is 2.92. The van der Waals surface area contributed by atoms with Crippen LogP contribution in [-0.2, 0) is 16.1 Å². The van der Waals surface area contributed by atoms with Crippen LogP contribution in [0.2, 0.25) is 0 Å². The molecule has 1 aromatic heterocycles. The fraction of sp³-hybridized carbons (Fsp3) is 0.600. The molecule has 0 bridgehead atoms. The van der Waals surface area contributed by atoms with Crippen molar-refractivity contribution in [3.05, 3.63) is 30.6 Å². The molecule has 5 nitrogen and oxygen atoms in total. The Morgan fingerprint density at radius 1 is 1.28 bits per heavy atom. The Kier molecular flexibility index (Phi) is 6.22. The summed E-state index contributed by atoms with van der Waals surface area (Å²) in [5, 5.41) is 10.3. The predicted molar refractivity (Wildman–Crippen MR) is 99.1 cm³/mol. The number of ether oxygens (including phenoxy) is 1. The number of aliphatic hydroxyl groups excluding tert-OH is 1. The summed E-state index contributed by atoms with van der Waals surface area (Å²) in [5.74, 6) is -0.165. The van der Waals surface area contributed by atoms with Gasteiger partial charge in [-0.1, -0.05) is 46.8 Å². The van der Waals surface area contributed by atoms with E-state index in [4.69, 9.17) is 4.74 Å². The van der Waals surface area contributed by atoms with Crippen LogP contribution in [0.5, 0.6) is 0 Å². The summed E-state index contributed by atoms with van der Waals surface area (Å²) in [6, 6.07) is 7.75. The van der Waals surface area contributed by atoms with Gasteiger partial charge >= 0.3 is 5.97 Å². The van der Waals surface area contributed by atoms with Gasteiger partial charge in [-0.05, 0) is 29.9 Å². The van der Waals surface area contributed by atoms with Gasteiger partial charge in [-0.3, -0.25) is 4.79 Å². The Morgan fingerprint density at radius 3 is 2.60 bits per heavy atom. The molecule has 1 heterocycles. The first-order chi connectivity index (χ1) is 11.7. The van der Waals surface area contributed by atoms with Crippen LogP contribution >= 0.6 is 0 Å². The highest BCUT2D eigenvalue weighted by Crippen LogP contribution is 2.29. The van der Waals surface area contributed by atoms with E-state index in [-0.39, 0.29) is 29.8 Å². The molecule has 0 aliphatic heterocycles.